The lowest BCUT2D eigenvalue weighted by Crippen LogP contribution is -2.42. The first-order valence-corrected chi connectivity index (χ1v) is 8.21. The minimum Gasteiger partial charge on any atom is -0.366 e. The van der Waals surface area contributed by atoms with Gasteiger partial charge in [-0.3, -0.25) is 9.89 Å². The Morgan fingerprint density at radius 3 is 2.75 bits per heavy atom. The Labute approximate surface area is 155 Å². The van der Waals surface area contributed by atoms with Gasteiger partial charge in [0, 0.05) is 13.0 Å². The zero-order valence-electron chi connectivity index (χ0n) is 14.0. The summed E-state index contributed by atoms with van der Waals surface area (Å²) in [6, 6.07) is 0. The van der Waals surface area contributed by atoms with Crippen molar-refractivity contribution in [3.05, 3.63) is 11.6 Å². The van der Waals surface area contributed by atoms with Gasteiger partial charge in [-0.2, -0.15) is 5.10 Å². The Bertz CT molecular complexity index is 508. The van der Waals surface area contributed by atoms with E-state index in [-0.39, 0.29) is 36.8 Å². The summed E-state index contributed by atoms with van der Waals surface area (Å²) in [5.74, 6) is 2.35. The Morgan fingerprint density at radius 1 is 1.33 bits per heavy atom. The van der Waals surface area contributed by atoms with Gasteiger partial charge in [0.2, 0.25) is 5.91 Å². The molecule has 9 heteroatoms. The second-order valence-electron chi connectivity index (χ2n) is 6.21. The van der Waals surface area contributed by atoms with Crippen molar-refractivity contribution in [2.75, 3.05) is 32.8 Å². The van der Waals surface area contributed by atoms with Crippen LogP contribution in [-0.2, 0) is 9.53 Å². The smallest absolute Gasteiger partial charge is 0.222 e. The summed E-state index contributed by atoms with van der Waals surface area (Å²) in [6.07, 6.45) is 3.82. The van der Waals surface area contributed by atoms with Gasteiger partial charge >= 0.3 is 0 Å². The van der Waals surface area contributed by atoms with Gasteiger partial charge in [0.1, 0.15) is 11.9 Å². The van der Waals surface area contributed by atoms with E-state index in [1.807, 2.05) is 11.8 Å². The predicted octanol–water partition coefficient (Wildman–Crippen LogP) is 1.64. The van der Waals surface area contributed by atoms with Crippen LogP contribution < -0.4 is 5.32 Å². The van der Waals surface area contributed by atoms with Crippen LogP contribution in [0.25, 0.3) is 0 Å². The molecule has 0 radical (unpaired) electrons. The average Bonchev–Trinajstić information content (AvgIpc) is 3.00. The minimum absolute atomic E-state index is 0. The number of aromatic amines is 1. The molecule has 0 bridgehead atoms. The highest BCUT2D eigenvalue weighted by Crippen LogP contribution is 2.22. The van der Waals surface area contributed by atoms with E-state index in [1.54, 1.807) is 0 Å². The lowest BCUT2D eigenvalue weighted by atomic mass is 9.93. The molecule has 0 aliphatic carbocycles. The molecular formula is C15H27Cl2N5O2. The number of ether oxygens (including phenoxy) is 1. The summed E-state index contributed by atoms with van der Waals surface area (Å²) in [7, 11) is 0. The number of H-pyrrole nitrogens is 1. The van der Waals surface area contributed by atoms with E-state index in [0.717, 1.165) is 25.3 Å². The van der Waals surface area contributed by atoms with E-state index >= 15 is 0 Å². The van der Waals surface area contributed by atoms with Crippen molar-refractivity contribution in [3.8, 4) is 0 Å². The molecule has 0 saturated carbocycles. The Balaban J connectivity index is 0.00000144. The molecule has 0 spiro atoms. The quantitative estimate of drug-likeness (QED) is 0.830. The summed E-state index contributed by atoms with van der Waals surface area (Å²) >= 11 is 0. The van der Waals surface area contributed by atoms with Crippen molar-refractivity contribution in [3.63, 3.8) is 0 Å². The maximum absolute atomic E-state index is 12.4. The van der Waals surface area contributed by atoms with Crippen LogP contribution in [0.15, 0.2) is 0 Å². The maximum atomic E-state index is 12.4. The van der Waals surface area contributed by atoms with Crippen molar-refractivity contribution >= 4 is 30.7 Å². The van der Waals surface area contributed by atoms with Crippen LogP contribution in [-0.4, -0.2) is 58.8 Å². The number of rotatable bonds is 4. The van der Waals surface area contributed by atoms with E-state index in [2.05, 4.69) is 20.5 Å². The minimum atomic E-state index is -0.207. The number of morpholine rings is 1. The third-order valence-electron chi connectivity index (χ3n) is 4.55. The van der Waals surface area contributed by atoms with Gasteiger partial charge in [-0.1, -0.05) is 0 Å². The molecule has 1 atom stereocenters. The first-order valence-electron chi connectivity index (χ1n) is 8.21. The van der Waals surface area contributed by atoms with Crippen molar-refractivity contribution in [2.24, 2.45) is 5.92 Å². The van der Waals surface area contributed by atoms with E-state index < -0.39 is 0 Å². The van der Waals surface area contributed by atoms with E-state index in [0.29, 0.717) is 37.9 Å². The number of carbonyl (C=O) groups is 1. The zero-order chi connectivity index (χ0) is 15.4. The van der Waals surface area contributed by atoms with Crippen LogP contribution in [0.1, 0.15) is 43.4 Å². The number of hydrogen-bond acceptors (Lipinski definition) is 5. The normalized spacial score (nSPS) is 21.7. The second-order valence-corrected chi connectivity index (χ2v) is 6.21. The highest BCUT2D eigenvalue weighted by Gasteiger charge is 2.28. The Hall–Kier alpha value is -0.890. The molecule has 3 heterocycles. The van der Waals surface area contributed by atoms with Crippen LogP contribution >= 0.6 is 24.8 Å². The van der Waals surface area contributed by atoms with Crippen molar-refractivity contribution < 1.29 is 9.53 Å². The Morgan fingerprint density at radius 2 is 2.08 bits per heavy atom. The molecule has 1 amide bonds. The maximum Gasteiger partial charge on any atom is 0.222 e. The van der Waals surface area contributed by atoms with Crippen LogP contribution in [0.3, 0.4) is 0 Å². The second kappa shape index (κ2) is 10.2. The predicted molar refractivity (Wildman–Crippen MR) is 95.7 cm³/mol. The molecular weight excluding hydrogens is 353 g/mol. The summed E-state index contributed by atoms with van der Waals surface area (Å²) < 4.78 is 5.71. The van der Waals surface area contributed by atoms with Gasteiger partial charge in [-0.15, -0.1) is 24.8 Å². The number of amides is 1. The Kier molecular flexibility index (Phi) is 8.97. The first-order chi connectivity index (χ1) is 10.7. The fraction of sp³-hybridized carbons (Fsp3) is 0.800. The first kappa shape index (κ1) is 21.2. The molecule has 1 aromatic heterocycles. The summed E-state index contributed by atoms with van der Waals surface area (Å²) in [4.78, 5) is 18.6. The SMILES string of the molecule is Cc1nc(C2CN(C(=O)CCC3CCNCC3)CCO2)n[nH]1.Cl.Cl. The highest BCUT2D eigenvalue weighted by molar-refractivity contribution is 5.85. The lowest BCUT2D eigenvalue weighted by Gasteiger charge is -2.32. The number of piperidine rings is 1. The van der Waals surface area contributed by atoms with Gasteiger partial charge in [0.15, 0.2) is 5.82 Å². The molecule has 1 aromatic rings. The highest BCUT2D eigenvalue weighted by atomic mass is 35.5. The summed E-state index contributed by atoms with van der Waals surface area (Å²) in [5.41, 5.74) is 0. The third kappa shape index (κ3) is 5.58. The topological polar surface area (TPSA) is 83.1 Å². The number of aromatic nitrogens is 3. The molecule has 7 nitrogen and oxygen atoms in total. The summed E-state index contributed by atoms with van der Waals surface area (Å²) in [5, 5.41) is 10.3. The molecule has 24 heavy (non-hydrogen) atoms. The molecule has 2 fully saturated rings. The molecule has 2 aliphatic rings. The van der Waals surface area contributed by atoms with Crippen molar-refractivity contribution in [2.45, 2.75) is 38.7 Å². The average molecular weight is 380 g/mol. The van der Waals surface area contributed by atoms with Crippen LogP contribution in [0.2, 0.25) is 0 Å². The number of nitrogens with zero attached hydrogens (tertiary/aromatic N) is 3. The molecule has 3 rings (SSSR count). The van der Waals surface area contributed by atoms with Gasteiger partial charge in [-0.05, 0) is 45.2 Å². The molecule has 0 aromatic carbocycles. The van der Waals surface area contributed by atoms with Crippen LogP contribution in [0.5, 0.6) is 0 Å². The van der Waals surface area contributed by atoms with E-state index in [4.69, 9.17) is 4.74 Å². The lowest BCUT2D eigenvalue weighted by molar-refractivity contribution is -0.139. The number of aryl methyl sites for hydroxylation is 1. The standard InChI is InChI=1S/C15H25N5O2.2ClH/c1-11-17-15(19-18-11)13-10-20(8-9-22-13)14(21)3-2-12-4-6-16-7-5-12;;/h12-13,16H,2-10H2,1H3,(H,17,18,19);2*1H. The number of halogens is 2. The van der Waals surface area contributed by atoms with Crippen molar-refractivity contribution in [1.29, 1.82) is 0 Å². The molecule has 1 unspecified atom stereocenters. The van der Waals surface area contributed by atoms with E-state index in [9.17, 15) is 4.79 Å². The number of carbonyl (C=O) groups excluding carboxylic acids is 1. The van der Waals surface area contributed by atoms with Crippen LogP contribution in [0, 0.1) is 12.8 Å². The molecule has 2 aliphatic heterocycles. The number of hydrogen-bond donors (Lipinski definition) is 2. The van der Waals surface area contributed by atoms with Gasteiger partial charge in [0.05, 0.1) is 13.2 Å². The molecule has 2 N–H and O–H groups in total. The zero-order valence-corrected chi connectivity index (χ0v) is 15.6. The van der Waals surface area contributed by atoms with Crippen LogP contribution in [0.4, 0.5) is 0 Å². The summed E-state index contributed by atoms with van der Waals surface area (Å²) in [6.45, 7) is 5.82. The largest absolute Gasteiger partial charge is 0.366 e. The monoisotopic (exact) mass is 379 g/mol. The fourth-order valence-electron chi connectivity index (χ4n) is 3.19. The van der Waals surface area contributed by atoms with Gasteiger partial charge in [-0.25, -0.2) is 4.98 Å². The molecule has 138 valence electrons. The van der Waals surface area contributed by atoms with Gasteiger partial charge < -0.3 is 15.0 Å². The molecule has 2 saturated heterocycles. The van der Waals surface area contributed by atoms with E-state index in [1.165, 1.54) is 12.8 Å². The third-order valence-corrected chi connectivity index (χ3v) is 4.55. The number of nitrogens with one attached hydrogen (secondary N) is 2. The fourth-order valence-corrected chi connectivity index (χ4v) is 3.19. The van der Waals surface area contributed by atoms with Crippen molar-refractivity contribution in [1.82, 2.24) is 25.4 Å². The van der Waals surface area contributed by atoms with Gasteiger partial charge in [0.25, 0.3) is 0 Å².